The second-order valence-corrected chi connectivity index (χ2v) is 3.92. The van der Waals surface area contributed by atoms with E-state index in [0.717, 1.165) is 12.5 Å². The molecule has 1 saturated carbocycles. The van der Waals surface area contributed by atoms with E-state index in [2.05, 4.69) is 0 Å². The molecule has 1 aliphatic rings. The molecular formula is C11H12F3N. The summed E-state index contributed by atoms with van der Waals surface area (Å²) in [5, 5.41) is 0. The molecule has 0 saturated heterocycles. The maximum atomic E-state index is 12.6. The highest BCUT2D eigenvalue weighted by atomic mass is 19.4. The van der Waals surface area contributed by atoms with Crippen molar-refractivity contribution in [2.45, 2.75) is 18.5 Å². The van der Waals surface area contributed by atoms with Gasteiger partial charge in [0.25, 0.3) is 0 Å². The van der Waals surface area contributed by atoms with Gasteiger partial charge in [-0.1, -0.05) is 18.2 Å². The second-order valence-electron chi connectivity index (χ2n) is 3.92. The van der Waals surface area contributed by atoms with E-state index in [0.29, 0.717) is 12.1 Å². The normalized spacial score (nSPS) is 25.3. The lowest BCUT2D eigenvalue weighted by atomic mass is 10.0. The lowest BCUT2D eigenvalue weighted by Gasteiger charge is -2.12. The first-order valence-corrected chi connectivity index (χ1v) is 4.90. The van der Waals surface area contributed by atoms with Gasteiger partial charge in [0.2, 0.25) is 0 Å². The molecule has 1 aliphatic carbocycles. The highest BCUT2D eigenvalue weighted by Gasteiger charge is 2.43. The molecule has 82 valence electrons. The van der Waals surface area contributed by atoms with Crippen LogP contribution in [0.5, 0.6) is 0 Å². The highest BCUT2D eigenvalue weighted by Crippen LogP contribution is 2.50. The van der Waals surface area contributed by atoms with Gasteiger partial charge in [-0.05, 0) is 36.4 Å². The summed E-state index contributed by atoms with van der Waals surface area (Å²) in [7, 11) is 0. The Labute approximate surface area is 86.1 Å². The van der Waals surface area contributed by atoms with Gasteiger partial charge in [0.1, 0.15) is 0 Å². The zero-order chi connectivity index (χ0) is 11.1. The monoisotopic (exact) mass is 215 g/mol. The lowest BCUT2D eigenvalue weighted by molar-refractivity contribution is -0.138. The van der Waals surface area contributed by atoms with Gasteiger partial charge >= 0.3 is 6.18 Å². The van der Waals surface area contributed by atoms with Crippen LogP contribution in [-0.2, 0) is 6.18 Å². The van der Waals surface area contributed by atoms with E-state index in [9.17, 15) is 13.2 Å². The molecule has 2 rings (SSSR count). The number of halogens is 3. The topological polar surface area (TPSA) is 26.0 Å². The number of hydrogen-bond donors (Lipinski definition) is 1. The van der Waals surface area contributed by atoms with E-state index in [1.54, 1.807) is 12.1 Å². The first kappa shape index (κ1) is 10.5. The molecule has 0 bridgehead atoms. The Morgan fingerprint density at radius 3 is 2.47 bits per heavy atom. The maximum Gasteiger partial charge on any atom is 0.416 e. The van der Waals surface area contributed by atoms with Crippen LogP contribution in [0.4, 0.5) is 13.2 Å². The SMILES string of the molecule is NC[C@@H]1C[C@H]1c1ccccc1C(F)(F)F. The van der Waals surface area contributed by atoms with Crippen molar-refractivity contribution in [3.8, 4) is 0 Å². The summed E-state index contributed by atoms with van der Waals surface area (Å²) in [5.74, 6) is 0.237. The minimum atomic E-state index is -4.25. The van der Waals surface area contributed by atoms with Crippen molar-refractivity contribution in [3.63, 3.8) is 0 Å². The predicted molar refractivity (Wildman–Crippen MR) is 51.3 cm³/mol. The minimum Gasteiger partial charge on any atom is -0.330 e. The molecule has 0 unspecified atom stereocenters. The van der Waals surface area contributed by atoms with Crippen LogP contribution in [0.1, 0.15) is 23.5 Å². The minimum absolute atomic E-state index is 0.00725. The molecule has 0 heterocycles. The molecule has 4 heteroatoms. The fraction of sp³-hybridized carbons (Fsp3) is 0.455. The number of hydrogen-bond acceptors (Lipinski definition) is 1. The van der Waals surface area contributed by atoms with E-state index in [1.165, 1.54) is 6.07 Å². The van der Waals surface area contributed by atoms with Crippen LogP contribution in [0, 0.1) is 5.92 Å². The third kappa shape index (κ3) is 2.00. The van der Waals surface area contributed by atoms with E-state index in [-0.39, 0.29) is 11.8 Å². The fourth-order valence-electron chi connectivity index (χ4n) is 1.97. The van der Waals surface area contributed by atoms with Crippen LogP contribution in [0.25, 0.3) is 0 Å². The molecule has 0 aliphatic heterocycles. The van der Waals surface area contributed by atoms with Gasteiger partial charge in [-0.25, -0.2) is 0 Å². The maximum absolute atomic E-state index is 12.6. The van der Waals surface area contributed by atoms with Gasteiger partial charge in [-0.2, -0.15) is 13.2 Å². The first-order valence-electron chi connectivity index (χ1n) is 4.90. The van der Waals surface area contributed by atoms with Crippen molar-refractivity contribution in [2.75, 3.05) is 6.54 Å². The lowest BCUT2D eigenvalue weighted by Crippen LogP contribution is -2.09. The molecular weight excluding hydrogens is 203 g/mol. The average molecular weight is 215 g/mol. The van der Waals surface area contributed by atoms with E-state index < -0.39 is 11.7 Å². The van der Waals surface area contributed by atoms with Crippen molar-refractivity contribution >= 4 is 0 Å². The molecule has 1 aromatic rings. The van der Waals surface area contributed by atoms with E-state index in [4.69, 9.17) is 5.73 Å². The van der Waals surface area contributed by atoms with Gasteiger partial charge < -0.3 is 5.73 Å². The van der Waals surface area contributed by atoms with Gasteiger partial charge in [0.05, 0.1) is 5.56 Å². The fourth-order valence-corrected chi connectivity index (χ4v) is 1.97. The molecule has 1 fully saturated rings. The summed E-state index contributed by atoms with van der Waals surface area (Å²) in [4.78, 5) is 0. The Balaban J connectivity index is 2.32. The summed E-state index contributed by atoms with van der Waals surface area (Å²) in [6, 6.07) is 5.77. The molecule has 2 N–H and O–H groups in total. The number of nitrogens with two attached hydrogens (primary N) is 1. The van der Waals surface area contributed by atoms with Crippen LogP contribution >= 0.6 is 0 Å². The zero-order valence-corrected chi connectivity index (χ0v) is 8.09. The summed E-state index contributed by atoms with van der Waals surface area (Å²) < 4.78 is 37.9. The quantitative estimate of drug-likeness (QED) is 0.806. The highest BCUT2D eigenvalue weighted by molar-refractivity contribution is 5.36. The summed E-state index contributed by atoms with van der Waals surface area (Å²) >= 11 is 0. The van der Waals surface area contributed by atoms with Gasteiger partial charge in [-0.15, -0.1) is 0 Å². The standard InChI is InChI=1S/C11H12F3N/c12-11(13,14)10-4-2-1-3-8(10)9-5-7(9)6-15/h1-4,7,9H,5-6,15H2/t7-,9+/m0/s1. The average Bonchev–Trinajstić information content (AvgIpc) is 2.95. The largest absolute Gasteiger partial charge is 0.416 e. The van der Waals surface area contributed by atoms with Crippen molar-refractivity contribution < 1.29 is 13.2 Å². The van der Waals surface area contributed by atoms with E-state index >= 15 is 0 Å². The Hall–Kier alpha value is -1.03. The van der Waals surface area contributed by atoms with Gasteiger partial charge in [0.15, 0.2) is 0 Å². The van der Waals surface area contributed by atoms with Crippen molar-refractivity contribution in [1.29, 1.82) is 0 Å². The van der Waals surface area contributed by atoms with E-state index in [1.807, 2.05) is 0 Å². The summed E-state index contributed by atoms with van der Waals surface area (Å²) in [6.07, 6.45) is -3.47. The molecule has 0 amide bonds. The van der Waals surface area contributed by atoms with Crippen LogP contribution in [0.15, 0.2) is 24.3 Å². The van der Waals surface area contributed by atoms with Gasteiger partial charge in [0, 0.05) is 0 Å². The third-order valence-electron chi connectivity index (χ3n) is 2.89. The predicted octanol–water partition coefficient (Wildman–Crippen LogP) is 2.77. The van der Waals surface area contributed by atoms with Crippen LogP contribution in [0.2, 0.25) is 0 Å². The zero-order valence-electron chi connectivity index (χ0n) is 8.09. The molecule has 1 nitrogen and oxygen atoms in total. The molecule has 0 aromatic heterocycles. The second kappa shape index (κ2) is 3.52. The summed E-state index contributed by atoms with van der Waals surface area (Å²) in [6.45, 7) is 0.469. The van der Waals surface area contributed by atoms with Crippen molar-refractivity contribution in [3.05, 3.63) is 35.4 Å². The number of alkyl halides is 3. The van der Waals surface area contributed by atoms with Crippen molar-refractivity contribution in [1.82, 2.24) is 0 Å². The smallest absolute Gasteiger partial charge is 0.330 e. The molecule has 2 atom stereocenters. The molecule has 0 spiro atoms. The number of rotatable bonds is 2. The van der Waals surface area contributed by atoms with Crippen LogP contribution < -0.4 is 5.73 Å². The Bertz CT molecular complexity index is 359. The molecule has 1 aromatic carbocycles. The van der Waals surface area contributed by atoms with Crippen LogP contribution in [-0.4, -0.2) is 6.54 Å². The Morgan fingerprint density at radius 1 is 1.27 bits per heavy atom. The first-order chi connectivity index (χ1) is 7.04. The molecule has 15 heavy (non-hydrogen) atoms. The van der Waals surface area contributed by atoms with Crippen molar-refractivity contribution in [2.24, 2.45) is 11.7 Å². The van der Waals surface area contributed by atoms with Crippen LogP contribution in [0.3, 0.4) is 0 Å². The molecule has 0 radical (unpaired) electrons. The Morgan fingerprint density at radius 2 is 1.93 bits per heavy atom. The third-order valence-corrected chi connectivity index (χ3v) is 2.89. The Kier molecular flexibility index (Phi) is 2.46. The van der Waals surface area contributed by atoms with Gasteiger partial charge in [-0.3, -0.25) is 0 Å². The summed E-state index contributed by atoms with van der Waals surface area (Å²) in [5.41, 5.74) is 5.33. The number of benzene rings is 1.